The van der Waals surface area contributed by atoms with Crippen molar-refractivity contribution in [3.05, 3.63) is 0 Å². The van der Waals surface area contributed by atoms with Crippen molar-refractivity contribution in [2.45, 2.75) is 32.1 Å². The number of morpholine rings is 1. The summed E-state index contributed by atoms with van der Waals surface area (Å²) in [6.07, 6.45) is 0.774. The minimum atomic E-state index is 0.387. The molecule has 0 N–H and O–H groups in total. The average molecular weight is 202 g/mol. The molecule has 0 aromatic carbocycles. The van der Waals surface area contributed by atoms with E-state index < -0.39 is 0 Å². The standard InChI is InChI=1S/C9H18N2OS/c1-7-3-10(4-8(2)12-7)9-5-11(13)6-9/h7-9,13H,3-6H2,1-2H3/t7-,8+. The highest BCUT2D eigenvalue weighted by molar-refractivity contribution is 7.77. The van der Waals surface area contributed by atoms with E-state index in [9.17, 15) is 0 Å². The van der Waals surface area contributed by atoms with Crippen LogP contribution in [0.3, 0.4) is 0 Å². The molecule has 2 fully saturated rings. The molecule has 2 heterocycles. The third kappa shape index (κ3) is 2.18. The van der Waals surface area contributed by atoms with Crippen molar-refractivity contribution in [3.63, 3.8) is 0 Å². The average Bonchev–Trinajstić information content (AvgIpc) is 1.96. The molecule has 2 saturated heterocycles. The fourth-order valence-corrected chi connectivity index (χ4v) is 2.56. The van der Waals surface area contributed by atoms with Crippen LogP contribution in [0.15, 0.2) is 0 Å². The van der Waals surface area contributed by atoms with Crippen LogP contribution >= 0.6 is 12.8 Å². The topological polar surface area (TPSA) is 15.7 Å². The van der Waals surface area contributed by atoms with E-state index in [1.54, 1.807) is 0 Å². The number of nitrogens with zero attached hydrogens (tertiary/aromatic N) is 2. The Kier molecular flexibility index (Phi) is 2.83. The Morgan fingerprint density at radius 2 is 1.62 bits per heavy atom. The Morgan fingerprint density at radius 3 is 2.08 bits per heavy atom. The molecule has 0 aromatic rings. The largest absolute Gasteiger partial charge is 0.373 e. The zero-order valence-electron chi connectivity index (χ0n) is 8.31. The first kappa shape index (κ1) is 9.77. The summed E-state index contributed by atoms with van der Waals surface area (Å²) >= 11 is 4.28. The van der Waals surface area contributed by atoms with Crippen molar-refractivity contribution in [1.29, 1.82) is 0 Å². The Bertz CT molecular complexity index is 174. The van der Waals surface area contributed by atoms with Crippen molar-refractivity contribution >= 4 is 12.8 Å². The first-order valence-corrected chi connectivity index (χ1v) is 5.38. The Balaban J connectivity index is 1.85. The van der Waals surface area contributed by atoms with Gasteiger partial charge in [-0.15, -0.1) is 0 Å². The molecule has 0 bridgehead atoms. The third-order valence-electron chi connectivity index (χ3n) is 2.81. The van der Waals surface area contributed by atoms with Crippen molar-refractivity contribution < 1.29 is 4.74 Å². The van der Waals surface area contributed by atoms with Gasteiger partial charge in [0.2, 0.25) is 0 Å². The van der Waals surface area contributed by atoms with Gasteiger partial charge in [0.05, 0.1) is 12.2 Å². The monoisotopic (exact) mass is 202 g/mol. The summed E-state index contributed by atoms with van der Waals surface area (Å²) in [7, 11) is 0. The minimum Gasteiger partial charge on any atom is -0.373 e. The van der Waals surface area contributed by atoms with Crippen molar-refractivity contribution in [1.82, 2.24) is 9.21 Å². The normalized spacial score (nSPS) is 39.0. The number of ether oxygens (including phenoxy) is 1. The van der Waals surface area contributed by atoms with Gasteiger partial charge in [-0.05, 0) is 13.8 Å². The molecule has 0 spiro atoms. The molecule has 2 aliphatic heterocycles. The van der Waals surface area contributed by atoms with E-state index in [0.717, 1.165) is 26.2 Å². The summed E-state index contributed by atoms with van der Waals surface area (Å²) in [6, 6.07) is 0.714. The van der Waals surface area contributed by atoms with Crippen LogP contribution in [-0.4, -0.2) is 53.6 Å². The minimum absolute atomic E-state index is 0.387. The Morgan fingerprint density at radius 1 is 1.08 bits per heavy atom. The van der Waals surface area contributed by atoms with Gasteiger partial charge >= 0.3 is 0 Å². The molecule has 0 aromatic heterocycles. The highest BCUT2D eigenvalue weighted by Crippen LogP contribution is 2.20. The Labute approximate surface area is 85.6 Å². The summed E-state index contributed by atoms with van der Waals surface area (Å²) in [5.41, 5.74) is 0. The lowest BCUT2D eigenvalue weighted by Gasteiger charge is -2.47. The van der Waals surface area contributed by atoms with E-state index in [4.69, 9.17) is 4.74 Å². The molecular weight excluding hydrogens is 184 g/mol. The maximum absolute atomic E-state index is 5.69. The number of hydrogen-bond donors (Lipinski definition) is 1. The van der Waals surface area contributed by atoms with Crippen LogP contribution in [0.1, 0.15) is 13.8 Å². The molecule has 0 unspecified atom stereocenters. The predicted octanol–water partition coefficient (Wildman–Crippen LogP) is 0.625. The summed E-state index contributed by atoms with van der Waals surface area (Å²) in [6.45, 7) is 8.66. The summed E-state index contributed by atoms with van der Waals surface area (Å²) in [4.78, 5) is 2.53. The fraction of sp³-hybridized carbons (Fsp3) is 1.00. The molecule has 2 aliphatic rings. The van der Waals surface area contributed by atoms with Crippen LogP contribution in [0, 0.1) is 0 Å². The first-order chi connectivity index (χ1) is 6.15. The number of thiol groups is 1. The summed E-state index contributed by atoms with van der Waals surface area (Å²) in [5.74, 6) is 0. The van der Waals surface area contributed by atoms with Gasteiger partial charge in [-0.25, -0.2) is 0 Å². The van der Waals surface area contributed by atoms with Gasteiger partial charge in [0, 0.05) is 32.2 Å². The number of rotatable bonds is 1. The van der Waals surface area contributed by atoms with Gasteiger partial charge in [-0.1, -0.05) is 12.8 Å². The smallest absolute Gasteiger partial charge is 0.0678 e. The maximum Gasteiger partial charge on any atom is 0.0678 e. The highest BCUT2D eigenvalue weighted by atomic mass is 32.1. The molecule has 76 valence electrons. The van der Waals surface area contributed by atoms with Crippen LogP contribution in [0.5, 0.6) is 0 Å². The van der Waals surface area contributed by atoms with E-state index >= 15 is 0 Å². The van der Waals surface area contributed by atoms with Crippen LogP contribution in [0.2, 0.25) is 0 Å². The van der Waals surface area contributed by atoms with Crippen LogP contribution in [-0.2, 0) is 4.74 Å². The van der Waals surface area contributed by atoms with Gasteiger partial charge < -0.3 is 4.74 Å². The molecule has 13 heavy (non-hydrogen) atoms. The third-order valence-corrected chi connectivity index (χ3v) is 3.13. The van der Waals surface area contributed by atoms with Gasteiger partial charge in [0.15, 0.2) is 0 Å². The molecule has 3 nitrogen and oxygen atoms in total. The second-order valence-electron chi connectivity index (χ2n) is 4.24. The maximum atomic E-state index is 5.69. The molecular formula is C9H18N2OS. The van der Waals surface area contributed by atoms with Gasteiger partial charge in [-0.2, -0.15) is 0 Å². The van der Waals surface area contributed by atoms with Gasteiger partial charge in [0.1, 0.15) is 0 Å². The summed E-state index contributed by atoms with van der Waals surface area (Å²) < 4.78 is 7.75. The second kappa shape index (κ2) is 3.77. The second-order valence-corrected chi connectivity index (χ2v) is 4.80. The number of hydrogen-bond acceptors (Lipinski definition) is 4. The SMILES string of the molecule is C[C@@H]1CN(C2CN(S)C2)C[C@H](C)O1. The van der Waals surface area contributed by atoms with E-state index in [1.807, 2.05) is 0 Å². The van der Waals surface area contributed by atoms with Crippen LogP contribution in [0.4, 0.5) is 0 Å². The molecule has 0 amide bonds. The molecule has 2 atom stereocenters. The first-order valence-electron chi connectivity index (χ1n) is 4.98. The lowest BCUT2D eigenvalue weighted by molar-refractivity contribution is -0.0921. The lowest BCUT2D eigenvalue weighted by Crippen LogP contribution is -2.60. The molecule has 0 saturated carbocycles. The zero-order valence-corrected chi connectivity index (χ0v) is 9.20. The van der Waals surface area contributed by atoms with Crippen molar-refractivity contribution in [3.8, 4) is 0 Å². The lowest BCUT2D eigenvalue weighted by atomic mass is 10.1. The van der Waals surface area contributed by atoms with E-state index in [2.05, 4.69) is 35.9 Å². The quantitative estimate of drug-likeness (QED) is 0.628. The van der Waals surface area contributed by atoms with Crippen molar-refractivity contribution in [2.75, 3.05) is 26.2 Å². The van der Waals surface area contributed by atoms with Crippen LogP contribution in [0.25, 0.3) is 0 Å². The van der Waals surface area contributed by atoms with Crippen LogP contribution < -0.4 is 0 Å². The zero-order chi connectivity index (χ0) is 9.42. The van der Waals surface area contributed by atoms with E-state index in [1.165, 1.54) is 0 Å². The van der Waals surface area contributed by atoms with Gasteiger partial charge in [0.25, 0.3) is 0 Å². The fourth-order valence-electron chi connectivity index (χ4n) is 2.18. The molecule has 2 rings (SSSR count). The van der Waals surface area contributed by atoms with Gasteiger partial charge in [-0.3, -0.25) is 9.21 Å². The van der Waals surface area contributed by atoms with Crippen molar-refractivity contribution in [2.24, 2.45) is 0 Å². The molecule has 0 radical (unpaired) electrons. The van der Waals surface area contributed by atoms with E-state index in [0.29, 0.717) is 18.2 Å². The predicted molar refractivity (Wildman–Crippen MR) is 55.9 cm³/mol. The highest BCUT2D eigenvalue weighted by Gasteiger charge is 2.34. The Hall–Kier alpha value is 0.230. The molecule has 0 aliphatic carbocycles. The van der Waals surface area contributed by atoms with E-state index in [-0.39, 0.29) is 0 Å². The summed E-state index contributed by atoms with van der Waals surface area (Å²) in [5, 5.41) is 0. The molecule has 4 heteroatoms.